The van der Waals surface area contributed by atoms with Crippen molar-refractivity contribution >= 4 is 22.8 Å². The van der Waals surface area contributed by atoms with Gasteiger partial charge in [-0.05, 0) is 96.7 Å². The number of aliphatic hydroxyl groups excluding tert-OH is 2. The van der Waals surface area contributed by atoms with Crippen molar-refractivity contribution in [2.45, 2.75) is 110 Å². The van der Waals surface area contributed by atoms with Crippen LogP contribution >= 0.6 is 11.8 Å². The Labute approximate surface area is 251 Å². The van der Waals surface area contributed by atoms with E-state index in [4.69, 9.17) is 0 Å². The first kappa shape index (κ1) is 31.1. The molecule has 0 aromatic heterocycles. The first-order chi connectivity index (χ1) is 19.2. The molecule has 12 atom stereocenters. The molecule has 0 amide bonds. The summed E-state index contributed by atoms with van der Waals surface area (Å²) in [5.41, 5.74) is 0.239. The number of fused-ring (bicyclic) bond motifs is 5. The summed E-state index contributed by atoms with van der Waals surface area (Å²) in [6.07, 6.45) is 5.74. The largest absolute Gasteiger partial charge is 0.481 e. The summed E-state index contributed by atoms with van der Waals surface area (Å²) >= 11 is 1.36. The number of carboxylic acids is 1. The lowest BCUT2D eigenvalue weighted by Gasteiger charge is -2.69. The third-order valence-corrected chi connectivity index (χ3v) is 14.3. The molecule has 3 unspecified atom stereocenters. The maximum absolute atomic E-state index is 13.6. The monoisotopic (exact) mass is 584 g/mol. The lowest BCUT2D eigenvalue weighted by atomic mass is 9.36. The topological polar surface area (TPSA) is 94.8 Å². The number of carbonyl (C=O) groups excluding carboxylic acids is 1. The van der Waals surface area contributed by atoms with Gasteiger partial charge in [0.05, 0.1) is 18.1 Å². The predicted octanol–water partition coefficient (Wildman–Crippen LogP) is 7.30. The molecule has 0 radical (unpaired) electrons. The van der Waals surface area contributed by atoms with Crippen LogP contribution in [0.3, 0.4) is 0 Å². The molecule has 4 aliphatic rings. The molecule has 41 heavy (non-hydrogen) atoms. The lowest BCUT2D eigenvalue weighted by molar-refractivity contribution is -0.240. The fourth-order valence-corrected chi connectivity index (χ4v) is 12.4. The normalized spacial score (nSPS) is 44.5. The molecule has 4 aliphatic carbocycles. The predicted molar refractivity (Wildman–Crippen MR) is 165 cm³/mol. The van der Waals surface area contributed by atoms with E-state index in [0.29, 0.717) is 30.2 Å². The highest BCUT2D eigenvalue weighted by Gasteiger charge is 2.71. The van der Waals surface area contributed by atoms with Gasteiger partial charge >= 0.3 is 5.97 Å². The third-order valence-electron chi connectivity index (χ3n) is 13.1. The molecular formula is C35H52O5S. The van der Waals surface area contributed by atoms with Crippen molar-refractivity contribution in [2.75, 3.05) is 0 Å². The molecule has 0 bridgehead atoms. The number of benzene rings is 1. The van der Waals surface area contributed by atoms with Crippen LogP contribution in [0.5, 0.6) is 0 Å². The van der Waals surface area contributed by atoms with Gasteiger partial charge in [0.25, 0.3) is 0 Å². The maximum atomic E-state index is 13.6. The van der Waals surface area contributed by atoms with Crippen LogP contribution < -0.4 is 0 Å². The van der Waals surface area contributed by atoms with Crippen LogP contribution in [0.2, 0.25) is 0 Å². The highest BCUT2D eigenvalue weighted by molar-refractivity contribution is 8.14. The fourth-order valence-electron chi connectivity index (χ4n) is 10.9. The van der Waals surface area contributed by atoms with Crippen LogP contribution in [-0.2, 0) is 4.79 Å². The van der Waals surface area contributed by atoms with E-state index in [-0.39, 0.29) is 56.4 Å². The van der Waals surface area contributed by atoms with Gasteiger partial charge in [-0.25, -0.2) is 0 Å². The molecule has 5 nitrogen and oxygen atoms in total. The van der Waals surface area contributed by atoms with E-state index in [0.717, 1.165) is 38.5 Å². The second-order valence-corrected chi connectivity index (χ2v) is 16.6. The van der Waals surface area contributed by atoms with Gasteiger partial charge in [0.1, 0.15) is 0 Å². The van der Waals surface area contributed by atoms with Crippen LogP contribution in [0, 0.1) is 57.7 Å². The second-order valence-electron chi connectivity index (χ2n) is 15.3. The van der Waals surface area contributed by atoms with Crippen LogP contribution in [-0.4, -0.2) is 43.9 Å². The zero-order chi connectivity index (χ0) is 29.9. The van der Waals surface area contributed by atoms with E-state index in [9.17, 15) is 24.9 Å². The van der Waals surface area contributed by atoms with Crippen molar-refractivity contribution in [3.8, 4) is 0 Å². The number of hydrogen-bond donors (Lipinski definition) is 3. The number of thioether (sulfide) groups is 1. The maximum Gasteiger partial charge on any atom is 0.306 e. The summed E-state index contributed by atoms with van der Waals surface area (Å²) in [7, 11) is 0. The molecular weight excluding hydrogens is 532 g/mol. The quantitative estimate of drug-likeness (QED) is 0.311. The van der Waals surface area contributed by atoms with Crippen molar-refractivity contribution in [2.24, 2.45) is 57.7 Å². The molecule has 228 valence electrons. The van der Waals surface area contributed by atoms with Crippen LogP contribution in [0.25, 0.3) is 0 Å². The first-order valence-corrected chi connectivity index (χ1v) is 17.0. The van der Waals surface area contributed by atoms with E-state index in [2.05, 4.69) is 41.5 Å². The standard InChI is InChI=1S/C35H52O5S/c1-20(2)12-13-23(31(38)39)29-25-18-27(37)30-33(4)16-15-26(36)21(3)24(33)14-17-34(30,5)35(25,6)19-28(29)41-32(40)22-10-8-7-9-11-22/h7-11,20-21,23-30,36-37H,12-19H2,1-6H3,(H,38,39)/t21-,23+,24?,25?,26+,27+,28-,29+,30?,33-,34-,35-/m0/s1. The molecule has 0 heterocycles. The van der Waals surface area contributed by atoms with Crippen LogP contribution in [0.15, 0.2) is 30.3 Å². The van der Waals surface area contributed by atoms with Crippen molar-refractivity contribution in [3.63, 3.8) is 0 Å². The Kier molecular flexibility index (Phi) is 8.55. The smallest absolute Gasteiger partial charge is 0.306 e. The Morgan fingerprint density at radius 2 is 1.63 bits per heavy atom. The molecule has 0 saturated heterocycles. The number of hydrogen-bond acceptors (Lipinski definition) is 5. The SMILES string of the molecule is CC(C)CC[C@@H](C(=O)O)[C@@H]1C2C[C@@H](O)C3[C@@]4(C)CC[C@@H](O)[C@@H](C)C4CC[C@]3(C)[C@@]2(C)C[C@@H]1SC(=O)c1ccccc1. The number of rotatable bonds is 7. The summed E-state index contributed by atoms with van der Waals surface area (Å²) in [5.74, 6) is -0.332. The number of aliphatic carboxylic acids is 1. The summed E-state index contributed by atoms with van der Waals surface area (Å²) in [6.45, 7) is 13.6. The van der Waals surface area contributed by atoms with E-state index in [1.54, 1.807) is 0 Å². The van der Waals surface area contributed by atoms with Crippen molar-refractivity contribution in [1.82, 2.24) is 0 Å². The Bertz CT molecular complexity index is 1120. The van der Waals surface area contributed by atoms with E-state index >= 15 is 0 Å². The summed E-state index contributed by atoms with van der Waals surface area (Å²) in [5, 5.41) is 33.4. The Morgan fingerprint density at radius 3 is 2.27 bits per heavy atom. The molecule has 3 N–H and O–H groups in total. The van der Waals surface area contributed by atoms with Crippen molar-refractivity contribution < 1.29 is 24.9 Å². The number of carboxylic acid groups (broad SMARTS) is 1. The number of aliphatic hydroxyl groups is 2. The zero-order valence-corrected chi connectivity index (χ0v) is 26.7. The van der Waals surface area contributed by atoms with E-state index < -0.39 is 18.0 Å². The summed E-state index contributed by atoms with van der Waals surface area (Å²) in [4.78, 5) is 26.5. The highest BCUT2D eigenvalue weighted by Crippen LogP contribution is 2.75. The van der Waals surface area contributed by atoms with Gasteiger partial charge < -0.3 is 15.3 Å². The lowest BCUT2D eigenvalue weighted by Crippen LogP contribution is -2.66. The van der Waals surface area contributed by atoms with Gasteiger partial charge in [0.15, 0.2) is 0 Å². The second kappa shape index (κ2) is 11.3. The van der Waals surface area contributed by atoms with Gasteiger partial charge in [-0.15, -0.1) is 0 Å². The molecule has 0 aliphatic heterocycles. The van der Waals surface area contributed by atoms with Gasteiger partial charge in [-0.1, -0.05) is 90.1 Å². The first-order valence-electron chi connectivity index (χ1n) is 16.1. The minimum absolute atomic E-state index is 0.0175. The molecule has 1 aromatic carbocycles. The summed E-state index contributed by atoms with van der Waals surface area (Å²) in [6, 6.07) is 9.37. The molecule has 4 fully saturated rings. The molecule has 4 saturated carbocycles. The fraction of sp³-hybridized carbons (Fsp3) is 0.771. The van der Waals surface area contributed by atoms with Crippen LogP contribution in [0.4, 0.5) is 0 Å². The molecule has 1 aromatic rings. The Hall–Kier alpha value is -1.37. The number of carbonyl (C=O) groups is 2. The summed E-state index contributed by atoms with van der Waals surface area (Å²) < 4.78 is 0. The van der Waals surface area contributed by atoms with Gasteiger partial charge in [0.2, 0.25) is 5.12 Å². The zero-order valence-electron chi connectivity index (χ0n) is 25.9. The average molecular weight is 585 g/mol. The molecule has 6 heteroatoms. The van der Waals surface area contributed by atoms with Gasteiger partial charge in [-0.2, -0.15) is 0 Å². The van der Waals surface area contributed by atoms with E-state index in [1.165, 1.54) is 11.8 Å². The minimum atomic E-state index is -0.759. The third kappa shape index (κ3) is 5.02. The van der Waals surface area contributed by atoms with Crippen molar-refractivity contribution in [3.05, 3.63) is 35.9 Å². The highest BCUT2D eigenvalue weighted by atomic mass is 32.2. The van der Waals surface area contributed by atoms with Crippen molar-refractivity contribution in [1.29, 1.82) is 0 Å². The van der Waals surface area contributed by atoms with E-state index in [1.807, 2.05) is 30.3 Å². The van der Waals surface area contributed by atoms with Gasteiger partial charge in [-0.3, -0.25) is 9.59 Å². The Balaban J connectivity index is 1.55. The minimum Gasteiger partial charge on any atom is -0.481 e. The van der Waals surface area contributed by atoms with Gasteiger partial charge in [0, 0.05) is 10.8 Å². The molecule has 5 rings (SSSR count). The average Bonchev–Trinajstić information content (AvgIpc) is 3.18. The molecule has 0 spiro atoms. The van der Waals surface area contributed by atoms with Crippen LogP contribution in [0.1, 0.15) is 103 Å². The Morgan fingerprint density at radius 1 is 0.951 bits per heavy atom.